The first-order chi connectivity index (χ1) is 16.4. The van der Waals surface area contributed by atoms with E-state index >= 15 is 0 Å². The van der Waals surface area contributed by atoms with Crippen molar-refractivity contribution in [2.75, 3.05) is 0 Å². The number of fused-ring (bicyclic) bond motifs is 1. The van der Waals surface area contributed by atoms with Crippen LogP contribution in [0.15, 0.2) is 58.5 Å². The smallest absolute Gasteiger partial charge is 0.266 e. The number of amides is 1. The first-order valence-electron chi connectivity index (χ1n) is 12.2. The van der Waals surface area contributed by atoms with E-state index in [-0.39, 0.29) is 22.8 Å². The van der Waals surface area contributed by atoms with E-state index in [1.54, 1.807) is 30.3 Å². The Balaban J connectivity index is 1.31. The summed E-state index contributed by atoms with van der Waals surface area (Å²) >= 11 is 1.28. The molecule has 4 aliphatic rings. The SMILES string of the molecule is CC(Sc1nc2ccccc2c(=O)n1-c1ccc(F)cc1)C(=O)NC12CC3CC(CC(C3)C1)C2. The van der Waals surface area contributed by atoms with Crippen LogP contribution in [0.25, 0.3) is 16.6 Å². The van der Waals surface area contributed by atoms with Gasteiger partial charge >= 0.3 is 0 Å². The molecule has 4 fully saturated rings. The summed E-state index contributed by atoms with van der Waals surface area (Å²) in [4.78, 5) is 31.5. The quantitative estimate of drug-likeness (QED) is 0.411. The van der Waals surface area contributed by atoms with Gasteiger partial charge in [0.15, 0.2) is 5.16 Å². The predicted molar refractivity (Wildman–Crippen MR) is 132 cm³/mol. The van der Waals surface area contributed by atoms with Gasteiger partial charge in [-0.05, 0) is 99.6 Å². The van der Waals surface area contributed by atoms with Crippen molar-refractivity contribution in [1.29, 1.82) is 0 Å². The normalized spacial score (nSPS) is 28.2. The minimum Gasteiger partial charge on any atom is -0.350 e. The number of nitrogens with one attached hydrogen (secondary N) is 1. The van der Waals surface area contributed by atoms with Gasteiger partial charge in [0, 0.05) is 5.54 Å². The molecule has 7 rings (SSSR count). The predicted octanol–water partition coefficient (Wildman–Crippen LogP) is 5.09. The molecule has 4 saturated carbocycles. The van der Waals surface area contributed by atoms with Crippen molar-refractivity contribution < 1.29 is 9.18 Å². The van der Waals surface area contributed by atoms with Crippen LogP contribution in [-0.4, -0.2) is 26.2 Å². The zero-order valence-electron chi connectivity index (χ0n) is 19.2. The lowest BCUT2D eigenvalue weighted by Crippen LogP contribution is -2.60. The van der Waals surface area contributed by atoms with Crippen LogP contribution in [0.4, 0.5) is 4.39 Å². The third-order valence-corrected chi connectivity index (χ3v) is 8.96. The zero-order valence-corrected chi connectivity index (χ0v) is 20.0. The molecule has 5 nitrogen and oxygen atoms in total. The van der Waals surface area contributed by atoms with Crippen molar-refractivity contribution in [3.05, 3.63) is 64.7 Å². The van der Waals surface area contributed by atoms with E-state index in [9.17, 15) is 14.0 Å². The van der Waals surface area contributed by atoms with Gasteiger partial charge < -0.3 is 5.32 Å². The summed E-state index contributed by atoms with van der Waals surface area (Å²) in [6, 6.07) is 13.0. The highest BCUT2D eigenvalue weighted by Crippen LogP contribution is 2.55. The monoisotopic (exact) mass is 477 g/mol. The van der Waals surface area contributed by atoms with Crippen LogP contribution in [0, 0.1) is 23.6 Å². The van der Waals surface area contributed by atoms with Crippen LogP contribution in [-0.2, 0) is 4.79 Å². The van der Waals surface area contributed by atoms with Crippen LogP contribution in [0.1, 0.15) is 45.4 Å². The van der Waals surface area contributed by atoms with Crippen molar-refractivity contribution in [3.8, 4) is 5.69 Å². The molecule has 1 atom stereocenters. The van der Waals surface area contributed by atoms with Gasteiger partial charge in [-0.3, -0.25) is 14.2 Å². The number of benzene rings is 2. The summed E-state index contributed by atoms with van der Waals surface area (Å²) in [6.45, 7) is 1.87. The van der Waals surface area contributed by atoms with Crippen molar-refractivity contribution in [2.24, 2.45) is 17.8 Å². The highest BCUT2D eigenvalue weighted by atomic mass is 32.2. The molecule has 1 heterocycles. The van der Waals surface area contributed by atoms with Crippen molar-refractivity contribution >= 4 is 28.6 Å². The Morgan fingerprint density at radius 3 is 2.32 bits per heavy atom. The summed E-state index contributed by atoms with van der Waals surface area (Å²) in [5.41, 5.74) is 0.824. The lowest BCUT2D eigenvalue weighted by atomic mass is 9.53. The van der Waals surface area contributed by atoms with Gasteiger partial charge in [-0.1, -0.05) is 23.9 Å². The number of aromatic nitrogens is 2. The van der Waals surface area contributed by atoms with Gasteiger partial charge in [-0.2, -0.15) is 0 Å². The van der Waals surface area contributed by atoms with Gasteiger partial charge in [0.2, 0.25) is 5.91 Å². The topological polar surface area (TPSA) is 64.0 Å². The van der Waals surface area contributed by atoms with Crippen LogP contribution >= 0.6 is 11.8 Å². The Hall–Kier alpha value is -2.67. The first kappa shape index (κ1) is 21.8. The zero-order chi connectivity index (χ0) is 23.4. The van der Waals surface area contributed by atoms with E-state index in [0.717, 1.165) is 37.0 Å². The molecular formula is C27H28FN3O2S. The summed E-state index contributed by atoms with van der Waals surface area (Å²) in [5, 5.41) is 3.94. The average molecular weight is 478 g/mol. The minimum absolute atomic E-state index is 0.0000127. The Kier molecular flexibility index (Phi) is 5.28. The van der Waals surface area contributed by atoms with E-state index < -0.39 is 5.25 Å². The molecule has 1 N–H and O–H groups in total. The summed E-state index contributed by atoms with van der Waals surface area (Å²) in [6.07, 6.45) is 7.25. The van der Waals surface area contributed by atoms with Crippen LogP contribution in [0.3, 0.4) is 0 Å². The lowest BCUT2D eigenvalue weighted by Gasteiger charge is -2.57. The Morgan fingerprint density at radius 2 is 1.68 bits per heavy atom. The number of hydrogen-bond donors (Lipinski definition) is 1. The van der Waals surface area contributed by atoms with Crippen molar-refractivity contribution in [3.63, 3.8) is 0 Å². The van der Waals surface area contributed by atoms with Crippen LogP contribution < -0.4 is 10.9 Å². The summed E-state index contributed by atoms with van der Waals surface area (Å²) in [7, 11) is 0. The molecule has 4 bridgehead atoms. The molecule has 176 valence electrons. The fourth-order valence-corrected chi connectivity index (χ4v) is 7.77. The summed E-state index contributed by atoms with van der Waals surface area (Å²) < 4.78 is 15.1. The molecule has 1 aromatic heterocycles. The molecule has 1 unspecified atom stereocenters. The van der Waals surface area contributed by atoms with Gasteiger partial charge in [0.25, 0.3) is 5.56 Å². The molecule has 3 aromatic rings. The molecular weight excluding hydrogens is 449 g/mol. The lowest BCUT2D eigenvalue weighted by molar-refractivity contribution is -0.126. The molecule has 2 aromatic carbocycles. The van der Waals surface area contributed by atoms with E-state index in [4.69, 9.17) is 4.98 Å². The van der Waals surface area contributed by atoms with E-state index in [1.807, 2.05) is 13.0 Å². The number of carbonyl (C=O) groups excluding carboxylic acids is 1. The number of halogens is 1. The number of thioether (sulfide) groups is 1. The molecule has 7 heteroatoms. The molecule has 34 heavy (non-hydrogen) atoms. The maximum absolute atomic E-state index is 13.6. The number of rotatable bonds is 5. The van der Waals surface area contributed by atoms with Crippen LogP contribution in [0.5, 0.6) is 0 Å². The number of nitrogens with zero attached hydrogens (tertiary/aromatic N) is 2. The molecule has 0 aliphatic heterocycles. The average Bonchev–Trinajstić information content (AvgIpc) is 2.79. The second-order valence-electron chi connectivity index (χ2n) is 10.5. The second-order valence-corrected chi connectivity index (χ2v) is 11.8. The second kappa shape index (κ2) is 8.22. The summed E-state index contributed by atoms with van der Waals surface area (Å²) in [5.74, 6) is 1.88. The van der Waals surface area contributed by atoms with Gasteiger partial charge in [0.1, 0.15) is 5.82 Å². The molecule has 4 aliphatic carbocycles. The maximum atomic E-state index is 13.6. The first-order valence-corrected chi connectivity index (χ1v) is 13.0. The Bertz CT molecular complexity index is 1280. The van der Waals surface area contributed by atoms with E-state index in [0.29, 0.717) is 21.7 Å². The molecule has 0 radical (unpaired) electrons. The van der Waals surface area contributed by atoms with Gasteiger partial charge in [0.05, 0.1) is 21.8 Å². The minimum atomic E-state index is -0.423. The standard InChI is InChI=1S/C27H28FN3O2S/c1-16(24(32)30-27-13-17-10-18(14-27)12-19(11-17)15-27)34-26-29-23-5-3-2-4-22(23)25(33)31(26)21-8-6-20(28)7-9-21/h2-9,16-19H,10-15H2,1H3,(H,30,32). The number of carbonyl (C=O) groups is 1. The number of hydrogen-bond acceptors (Lipinski definition) is 4. The fraction of sp³-hybridized carbons (Fsp3) is 0.444. The largest absolute Gasteiger partial charge is 0.350 e. The maximum Gasteiger partial charge on any atom is 0.266 e. The van der Waals surface area contributed by atoms with Crippen LogP contribution in [0.2, 0.25) is 0 Å². The number of para-hydroxylation sites is 1. The van der Waals surface area contributed by atoms with Crippen molar-refractivity contribution in [2.45, 2.75) is 61.4 Å². The Labute approximate surface area is 202 Å². The van der Waals surface area contributed by atoms with Gasteiger partial charge in [-0.25, -0.2) is 9.37 Å². The Morgan fingerprint density at radius 1 is 1.06 bits per heavy atom. The third-order valence-electron chi connectivity index (χ3n) is 7.91. The highest BCUT2D eigenvalue weighted by molar-refractivity contribution is 8.00. The van der Waals surface area contributed by atoms with Crippen molar-refractivity contribution in [1.82, 2.24) is 14.9 Å². The molecule has 1 amide bonds. The van der Waals surface area contributed by atoms with Gasteiger partial charge in [-0.15, -0.1) is 0 Å². The van der Waals surface area contributed by atoms with E-state index in [2.05, 4.69) is 5.32 Å². The third kappa shape index (κ3) is 3.84. The molecule has 0 saturated heterocycles. The molecule has 0 spiro atoms. The fourth-order valence-electron chi connectivity index (χ4n) is 6.85. The highest BCUT2D eigenvalue weighted by Gasteiger charge is 2.51. The van der Waals surface area contributed by atoms with E-state index in [1.165, 1.54) is 47.7 Å².